The van der Waals surface area contributed by atoms with Crippen molar-refractivity contribution in [1.29, 1.82) is 0 Å². The molecule has 2 aromatic rings. The van der Waals surface area contributed by atoms with Crippen molar-refractivity contribution < 1.29 is 14.7 Å². The van der Waals surface area contributed by atoms with Crippen LogP contribution in [0, 0.1) is 0 Å². The number of carboxylic acid groups (broad SMARTS) is 1. The second-order valence-electron chi connectivity index (χ2n) is 3.95. The Balaban J connectivity index is 2.22. The van der Waals surface area contributed by atoms with E-state index in [1.807, 2.05) is 0 Å². The molecule has 1 heterocycles. The third-order valence-corrected chi connectivity index (χ3v) is 2.73. The first-order valence-corrected chi connectivity index (χ1v) is 5.61. The van der Waals surface area contributed by atoms with Crippen LogP contribution in [-0.2, 0) is 0 Å². The van der Waals surface area contributed by atoms with E-state index in [2.05, 4.69) is 4.98 Å². The number of aromatic nitrogens is 1. The maximum atomic E-state index is 12.1. The zero-order valence-corrected chi connectivity index (χ0v) is 10.3. The molecule has 0 saturated heterocycles. The summed E-state index contributed by atoms with van der Waals surface area (Å²) in [6.45, 7) is 0. The summed E-state index contributed by atoms with van der Waals surface area (Å²) in [4.78, 5) is 28.2. The number of pyridine rings is 1. The van der Waals surface area contributed by atoms with E-state index in [0.29, 0.717) is 11.3 Å². The lowest BCUT2D eigenvalue weighted by atomic mass is 10.2. The molecule has 0 aliphatic carbocycles. The van der Waals surface area contributed by atoms with Crippen LogP contribution >= 0.6 is 0 Å². The molecule has 19 heavy (non-hydrogen) atoms. The highest BCUT2D eigenvalue weighted by Crippen LogP contribution is 2.16. The van der Waals surface area contributed by atoms with Gasteiger partial charge < -0.3 is 10.0 Å². The van der Waals surface area contributed by atoms with Gasteiger partial charge in [0.25, 0.3) is 5.91 Å². The molecule has 1 aromatic carbocycles. The number of amides is 1. The highest BCUT2D eigenvalue weighted by molar-refractivity contribution is 6.05. The molecule has 0 unspecified atom stereocenters. The second-order valence-corrected chi connectivity index (χ2v) is 3.95. The lowest BCUT2D eigenvalue weighted by Crippen LogP contribution is -2.26. The van der Waals surface area contributed by atoms with Crippen molar-refractivity contribution in [3.05, 3.63) is 59.9 Å². The Labute approximate surface area is 110 Å². The third-order valence-electron chi connectivity index (χ3n) is 2.73. The Bertz CT molecular complexity index is 594. The average molecular weight is 256 g/mol. The fourth-order valence-corrected chi connectivity index (χ4v) is 1.63. The van der Waals surface area contributed by atoms with Crippen LogP contribution < -0.4 is 4.90 Å². The Hall–Kier alpha value is -2.69. The van der Waals surface area contributed by atoms with Crippen LogP contribution in [0.1, 0.15) is 20.7 Å². The summed E-state index contributed by atoms with van der Waals surface area (Å²) in [5, 5.41) is 8.81. The molecule has 0 fully saturated rings. The van der Waals surface area contributed by atoms with E-state index < -0.39 is 5.97 Å². The Morgan fingerprint density at radius 2 is 1.58 bits per heavy atom. The Morgan fingerprint density at radius 1 is 1.00 bits per heavy atom. The first-order valence-electron chi connectivity index (χ1n) is 5.61. The summed E-state index contributed by atoms with van der Waals surface area (Å²) in [7, 11) is 1.64. The number of hydrogen-bond donors (Lipinski definition) is 1. The van der Waals surface area contributed by atoms with E-state index in [9.17, 15) is 9.59 Å². The summed E-state index contributed by atoms with van der Waals surface area (Å²) in [5.74, 6) is -1.17. The maximum absolute atomic E-state index is 12.1. The largest absolute Gasteiger partial charge is 0.478 e. The summed E-state index contributed by atoms with van der Waals surface area (Å²) in [6, 6.07) is 9.39. The summed E-state index contributed by atoms with van der Waals surface area (Å²) in [6.07, 6.45) is 3.10. The number of nitrogens with zero attached hydrogens (tertiary/aromatic N) is 2. The van der Waals surface area contributed by atoms with Crippen molar-refractivity contribution >= 4 is 17.6 Å². The van der Waals surface area contributed by atoms with Gasteiger partial charge in [0.1, 0.15) is 0 Å². The van der Waals surface area contributed by atoms with Gasteiger partial charge in [-0.3, -0.25) is 9.78 Å². The van der Waals surface area contributed by atoms with Gasteiger partial charge in [-0.2, -0.15) is 0 Å². The minimum atomic E-state index is -0.991. The molecule has 0 bridgehead atoms. The second kappa shape index (κ2) is 5.30. The number of benzene rings is 1. The van der Waals surface area contributed by atoms with Gasteiger partial charge in [0.2, 0.25) is 0 Å². The normalized spacial score (nSPS) is 9.95. The van der Waals surface area contributed by atoms with Gasteiger partial charge in [-0.15, -0.1) is 0 Å². The van der Waals surface area contributed by atoms with Crippen LogP contribution in [0.3, 0.4) is 0 Å². The zero-order chi connectivity index (χ0) is 13.8. The fraction of sp³-hybridized carbons (Fsp3) is 0.0714. The fourth-order valence-electron chi connectivity index (χ4n) is 1.63. The van der Waals surface area contributed by atoms with Gasteiger partial charge in [0, 0.05) is 30.7 Å². The molecule has 1 N–H and O–H groups in total. The maximum Gasteiger partial charge on any atom is 0.335 e. The van der Waals surface area contributed by atoms with Gasteiger partial charge in [0.15, 0.2) is 0 Å². The number of hydrogen-bond acceptors (Lipinski definition) is 3. The molecule has 96 valence electrons. The van der Waals surface area contributed by atoms with Crippen molar-refractivity contribution in [1.82, 2.24) is 4.98 Å². The quantitative estimate of drug-likeness (QED) is 0.912. The van der Waals surface area contributed by atoms with Crippen LogP contribution in [0.25, 0.3) is 0 Å². The lowest BCUT2D eigenvalue weighted by Gasteiger charge is -2.17. The van der Waals surface area contributed by atoms with Crippen LogP contribution in [0.4, 0.5) is 5.69 Å². The van der Waals surface area contributed by atoms with Crippen molar-refractivity contribution in [2.24, 2.45) is 0 Å². The first-order chi connectivity index (χ1) is 9.09. The monoisotopic (exact) mass is 256 g/mol. The zero-order valence-electron chi connectivity index (χ0n) is 10.3. The molecule has 0 aliphatic heterocycles. The van der Waals surface area contributed by atoms with Crippen molar-refractivity contribution in [3.63, 3.8) is 0 Å². The predicted molar refractivity (Wildman–Crippen MR) is 70.4 cm³/mol. The number of carboxylic acids is 1. The molecule has 1 aromatic heterocycles. The molecule has 0 atom stereocenters. The van der Waals surface area contributed by atoms with E-state index in [0.717, 1.165) is 0 Å². The van der Waals surface area contributed by atoms with E-state index in [1.54, 1.807) is 43.7 Å². The van der Waals surface area contributed by atoms with E-state index in [4.69, 9.17) is 5.11 Å². The third kappa shape index (κ3) is 2.77. The number of carbonyl (C=O) groups is 2. The molecule has 1 amide bonds. The topological polar surface area (TPSA) is 70.5 Å². The first kappa shape index (κ1) is 12.8. The Morgan fingerprint density at radius 3 is 2.11 bits per heavy atom. The van der Waals surface area contributed by atoms with Gasteiger partial charge >= 0.3 is 5.97 Å². The number of carbonyl (C=O) groups excluding carboxylic acids is 1. The molecule has 5 heteroatoms. The molecule has 0 spiro atoms. The SMILES string of the molecule is CN(C(=O)c1ccncc1)c1ccc(C(=O)O)cc1. The number of anilines is 1. The minimum Gasteiger partial charge on any atom is -0.478 e. The van der Waals surface area contributed by atoms with Gasteiger partial charge in [0.05, 0.1) is 5.56 Å². The summed E-state index contributed by atoms with van der Waals surface area (Å²) < 4.78 is 0. The number of rotatable bonds is 3. The van der Waals surface area contributed by atoms with Crippen molar-refractivity contribution in [3.8, 4) is 0 Å². The molecular formula is C14H12N2O3. The number of aromatic carboxylic acids is 1. The molecule has 0 saturated carbocycles. The van der Waals surface area contributed by atoms with E-state index >= 15 is 0 Å². The molecule has 0 aliphatic rings. The molecule has 5 nitrogen and oxygen atoms in total. The van der Waals surface area contributed by atoms with Crippen LogP contribution in [0.5, 0.6) is 0 Å². The van der Waals surface area contributed by atoms with Crippen LogP contribution in [0.15, 0.2) is 48.8 Å². The highest BCUT2D eigenvalue weighted by Gasteiger charge is 2.13. The standard InChI is InChI=1S/C14H12N2O3/c1-16(13(17)10-6-8-15-9-7-10)12-4-2-11(3-5-12)14(18)19/h2-9H,1H3,(H,18,19). The molecular weight excluding hydrogens is 244 g/mol. The van der Waals surface area contributed by atoms with Crippen LogP contribution in [0.2, 0.25) is 0 Å². The van der Waals surface area contributed by atoms with Crippen LogP contribution in [-0.4, -0.2) is 29.0 Å². The van der Waals surface area contributed by atoms with Crippen molar-refractivity contribution in [2.45, 2.75) is 0 Å². The summed E-state index contributed by atoms with van der Waals surface area (Å²) >= 11 is 0. The van der Waals surface area contributed by atoms with E-state index in [1.165, 1.54) is 17.0 Å². The molecule has 0 radical (unpaired) electrons. The molecule has 2 rings (SSSR count). The van der Waals surface area contributed by atoms with Gasteiger partial charge in [-0.25, -0.2) is 4.79 Å². The highest BCUT2D eigenvalue weighted by atomic mass is 16.4. The van der Waals surface area contributed by atoms with Gasteiger partial charge in [-0.1, -0.05) is 0 Å². The Kier molecular flexibility index (Phi) is 3.56. The van der Waals surface area contributed by atoms with Crippen molar-refractivity contribution in [2.75, 3.05) is 11.9 Å². The van der Waals surface area contributed by atoms with Gasteiger partial charge in [-0.05, 0) is 36.4 Å². The minimum absolute atomic E-state index is 0.175. The predicted octanol–water partition coefficient (Wildman–Crippen LogP) is 2.06. The lowest BCUT2D eigenvalue weighted by molar-refractivity contribution is 0.0696. The average Bonchev–Trinajstić information content (AvgIpc) is 2.46. The van der Waals surface area contributed by atoms with E-state index in [-0.39, 0.29) is 11.5 Å². The smallest absolute Gasteiger partial charge is 0.335 e. The summed E-state index contributed by atoms with van der Waals surface area (Å²) in [5.41, 5.74) is 1.35.